The lowest BCUT2D eigenvalue weighted by Crippen LogP contribution is -2.06. The summed E-state index contributed by atoms with van der Waals surface area (Å²) in [5.74, 6) is 0.998. The molecule has 0 radical (unpaired) electrons. The van der Waals surface area contributed by atoms with Gasteiger partial charge in [-0.05, 0) is 18.9 Å². The third-order valence-corrected chi connectivity index (χ3v) is 1.55. The molecule has 1 rings (SSSR count). The van der Waals surface area contributed by atoms with Crippen LogP contribution in [0.3, 0.4) is 0 Å². The van der Waals surface area contributed by atoms with Gasteiger partial charge in [0.25, 0.3) is 0 Å². The minimum absolute atomic E-state index is 0.826. The Labute approximate surface area is 55.9 Å². The molecule has 1 saturated heterocycles. The Morgan fingerprint density at radius 2 is 2.56 bits per heavy atom. The van der Waals surface area contributed by atoms with Crippen molar-refractivity contribution in [3.8, 4) is 0 Å². The average Bonchev–Trinajstić information content (AvgIpc) is 2.37. The molecule has 0 amide bonds. The fraction of sp³-hybridized carbons (Fsp3) is 0.714. The van der Waals surface area contributed by atoms with E-state index in [0.717, 1.165) is 25.5 Å². The second-order valence-corrected chi connectivity index (χ2v) is 2.24. The van der Waals surface area contributed by atoms with Crippen LogP contribution in [0.1, 0.15) is 20.3 Å². The molecular formula is C7H13NO. The molecule has 1 N–H and O–H groups in total. The fourth-order valence-corrected chi connectivity index (χ4v) is 0.803. The highest BCUT2D eigenvalue weighted by Gasteiger charge is 2.07. The van der Waals surface area contributed by atoms with Gasteiger partial charge < -0.3 is 10.1 Å². The largest absolute Gasteiger partial charge is 0.477 e. The topological polar surface area (TPSA) is 21.3 Å². The first-order valence-corrected chi connectivity index (χ1v) is 3.41. The van der Waals surface area contributed by atoms with E-state index in [2.05, 4.69) is 19.2 Å². The molecule has 2 heteroatoms. The summed E-state index contributed by atoms with van der Waals surface area (Å²) < 4.78 is 5.27. The van der Waals surface area contributed by atoms with E-state index in [0.29, 0.717) is 0 Å². The van der Waals surface area contributed by atoms with E-state index in [1.807, 2.05) is 0 Å². The van der Waals surface area contributed by atoms with Gasteiger partial charge in [0.05, 0.1) is 6.54 Å². The number of rotatable bonds is 1. The Morgan fingerprint density at radius 1 is 1.78 bits per heavy atom. The molecule has 9 heavy (non-hydrogen) atoms. The first-order valence-electron chi connectivity index (χ1n) is 3.41. The molecule has 0 spiro atoms. The molecule has 0 unspecified atom stereocenters. The molecule has 0 bridgehead atoms. The lowest BCUT2D eigenvalue weighted by molar-refractivity contribution is 0.260. The van der Waals surface area contributed by atoms with E-state index in [4.69, 9.17) is 4.74 Å². The van der Waals surface area contributed by atoms with E-state index in [9.17, 15) is 0 Å². The summed E-state index contributed by atoms with van der Waals surface area (Å²) in [7, 11) is 0. The Bertz CT molecular complexity index is 121. The van der Waals surface area contributed by atoms with E-state index in [-0.39, 0.29) is 0 Å². The Balaban J connectivity index is 2.55. The molecule has 2 nitrogen and oxygen atoms in total. The molecule has 0 aromatic heterocycles. The second kappa shape index (κ2) is 2.76. The summed E-state index contributed by atoms with van der Waals surface area (Å²) in [6.45, 7) is 6.01. The van der Waals surface area contributed by atoms with Crippen LogP contribution in [0, 0.1) is 0 Å². The zero-order chi connectivity index (χ0) is 6.69. The normalized spacial score (nSPS) is 22.9. The maximum Gasteiger partial charge on any atom is 0.185 e. The summed E-state index contributed by atoms with van der Waals surface area (Å²) in [5.41, 5.74) is 1.31. The average molecular weight is 127 g/mol. The third kappa shape index (κ3) is 1.37. The SMILES string of the molecule is CCC(C)=C1NCCO1. The minimum atomic E-state index is 0.826. The predicted octanol–water partition coefficient (Wildman–Crippen LogP) is 1.25. The van der Waals surface area contributed by atoms with Crippen molar-refractivity contribution in [1.82, 2.24) is 5.32 Å². The summed E-state index contributed by atoms with van der Waals surface area (Å²) in [5, 5.41) is 3.16. The van der Waals surface area contributed by atoms with Crippen molar-refractivity contribution >= 4 is 0 Å². The molecule has 0 aliphatic carbocycles. The quantitative estimate of drug-likeness (QED) is 0.572. The summed E-state index contributed by atoms with van der Waals surface area (Å²) in [6, 6.07) is 0. The maximum atomic E-state index is 5.27. The molecule has 1 fully saturated rings. The second-order valence-electron chi connectivity index (χ2n) is 2.24. The van der Waals surface area contributed by atoms with Gasteiger partial charge in [0, 0.05) is 0 Å². The Kier molecular flexibility index (Phi) is 1.98. The molecule has 1 aliphatic heterocycles. The van der Waals surface area contributed by atoms with Gasteiger partial charge in [0.2, 0.25) is 0 Å². The molecule has 1 aliphatic rings. The van der Waals surface area contributed by atoms with Gasteiger partial charge in [0.15, 0.2) is 5.88 Å². The smallest absolute Gasteiger partial charge is 0.185 e. The summed E-state index contributed by atoms with van der Waals surface area (Å²) in [4.78, 5) is 0. The maximum absolute atomic E-state index is 5.27. The van der Waals surface area contributed by atoms with Gasteiger partial charge in [-0.1, -0.05) is 6.92 Å². The summed E-state index contributed by atoms with van der Waals surface area (Å²) >= 11 is 0. The van der Waals surface area contributed by atoms with Crippen LogP contribution in [0.5, 0.6) is 0 Å². The fourth-order valence-electron chi connectivity index (χ4n) is 0.803. The molecule has 1 heterocycles. The molecule has 52 valence electrons. The molecule has 0 aromatic rings. The molecule has 0 saturated carbocycles. The first-order chi connectivity index (χ1) is 4.34. The zero-order valence-electron chi connectivity index (χ0n) is 6.03. The van der Waals surface area contributed by atoms with Crippen molar-refractivity contribution in [1.29, 1.82) is 0 Å². The van der Waals surface area contributed by atoms with Gasteiger partial charge >= 0.3 is 0 Å². The van der Waals surface area contributed by atoms with Gasteiger partial charge in [-0.15, -0.1) is 0 Å². The highest BCUT2D eigenvalue weighted by Crippen LogP contribution is 2.09. The molecular weight excluding hydrogens is 114 g/mol. The number of allylic oxidation sites excluding steroid dienone is 1. The van der Waals surface area contributed by atoms with Crippen molar-refractivity contribution in [3.05, 3.63) is 11.5 Å². The van der Waals surface area contributed by atoms with Gasteiger partial charge in [-0.2, -0.15) is 0 Å². The van der Waals surface area contributed by atoms with Crippen molar-refractivity contribution in [2.75, 3.05) is 13.2 Å². The number of hydrogen-bond donors (Lipinski definition) is 1. The Morgan fingerprint density at radius 3 is 3.00 bits per heavy atom. The van der Waals surface area contributed by atoms with E-state index in [1.54, 1.807) is 0 Å². The monoisotopic (exact) mass is 127 g/mol. The van der Waals surface area contributed by atoms with Gasteiger partial charge in [0.1, 0.15) is 6.61 Å². The van der Waals surface area contributed by atoms with Crippen molar-refractivity contribution in [2.24, 2.45) is 0 Å². The molecule has 0 aromatic carbocycles. The number of nitrogens with one attached hydrogen (secondary N) is 1. The minimum Gasteiger partial charge on any atom is -0.477 e. The van der Waals surface area contributed by atoms with Crippen molar-refractivity contribution in [2.45, 2.75) is 20.3 Å². The van der Waals surface area contributed by atoms with Crippen LogP contribution in [-0.4, -0.2) is 13.2 Å². The van der Waals surface area contributed by atoms with Gasteiger partial charge in [-0.25, -0.2) is 0 Å². The Hall–Kier alpha value is -0.660. The number of hydrogen-bond acceptors (Lipinski definition) is 2. The van der Waals surface area contributed by atoms with E-state index in [1.165, 1.54) is 5.57 Å². The molecule has 0 atom stereocenters. The standard InChI is InChI=1S/C7H13NO/c1-3-6(2)7-8-4-5-9-7/h8H,3-5H2,1-2H3. The van der Waals surface area contributed by atoms with Crippen LogP contribution >= 0.6 is 0 Å². The van der Waals surface area contributed by atoms with Crippen molar-refractivity contribution in [3.63, 3.8) is 0 Å². The van der Waals surface area contributed by atoms with E-state index >= 15 is 0 Å². The van der Waals surface area contributed by atoms with Crippen LogP contribution in [-0.2, 0) is 4.74 Å². The van der Waals surface area contributed by atoms with Crippen molar-refractivity contribution < 1.29 is 4.74 Å². The van der Waals surface area contributed by atoms with Crippen LogP contribution in [0.4, 0.5) is 0 Å². The predicted molar refractivity (Wildman–Crippen MR) is 36.9 cm³/mol. The highest BCUT2D eigenvalue weighted by molar-refractivity contribution is 5.05. The zero-order valence-corrected chi connectivity index (χ0v) is 6.03. The number of ether oxygens (including phenoxy) is 1. The lowest BCUT2D eigenvalue weighted by atomic mass is 10.2. The van der Waals surface area contributed by atoms with Gasteiger partial charge in [-0.3, -0.25) is 0 Å². The van der Waals surface area contributed by atoms with E-state index < -0.39 is 0 Å². The summed E-state index contributed by atoms with van der Waals surface area (Å²) in [6.07, 6.45) is 1.07. The van der Waals surface area contributed by atoms with Crippen LogP contribution in [0.15, 0.2) is 11.5 Å². The highest BCUT2D eigenvalue weighted by atomic mass is 16.5. The van der Waals surface area contributed by atoms with Crippen LogP contribution < -0.4 is 5.32 Å². The lowest BCUT2D eigenvalue weighted by Gasteiger charge is -2.01. The first kappa shape index (κ1) is 6.46. The third-order valence-electron chi connectivity index (χ3n) is 1.55. The van der Waals surface area contributed by atoms with Crippen LogP contribution in [0.2, 0.25) is 0 Å². The van der Waals surface area contributed by atoms with Crippen LogP contribution in [0.25, 0.3) is 0 Å².